The molecule has 0 unspecified atom stereocenters. The quantitative estimate of drug-likeness (QED) is 0.815. The molecule has 0 aromatic heterocycles. The summed E-state index contributed by atoms with van der Waals surface area (Å²) in [6.45, 7) is 12.3. The molecular weight excluding hydrogens is 350 g/mol. The van der Waals surface area contributed by atoms with Gasteiger partial charge in [0.15, 0.2) is 0 Å². The van der Waals surface area contributed by atoms with E-state index in [1.165, 1.54) is 4.31 Å². The van der Waals surface area contributed by atoms with Gasteiger partial charge in [0.2, 0.25) is 15.9 Å². The highest BCUT2D eigenvalue weighted by Crippen LogP contribution is 2.20. The topological polar surface area (TPSA) is 69.7 Å². The highest BCUT2D eigenvalue weighted by atomic mass is 32.2. The molecule has 0 radical (unpaired) electrons. The van der Waals surface area contributed by atoms with Crippen LogP contribution in [0.5, 0.6) is 0 Å². The van der Waals surface area contributed by atoms with E-state index in [2.05, 4.69) is 19.2 Å². The third kappa shape index (κ3) is 5.05. The van der Waals surface area contributed by atoms with Crippen LogP contribution in [0.4, 0.5) is 0 Å². The van der Waals surface area contributed by atoms with Gasteiger partial charge in [-0.2, -0.15) is 4.31 Å². The molecule has 1 atom stereocenters. The zero-order valence-electron chi connectivity index (χ0n) is 16.4. The van der Waals surface area contributed by atoms with Crippen molar-refractivity contribution in [2.45, 2.75) is 45.6 Å². The number of benzene rings is 1. The summed E-state index contributed by atoms with van der Waals surface area (Å²) >= 11 is 0. The van der Waals surface area contributed by atoms with E-state index in [4.69, 9.17) is 0 Å². The number of nitrogens with one attached hydrogen (secondary N) is 1. The zero-order valence-corrected chi connectivity index (χ0v) is 17.3. The van der Waals surface area contributed by atoms with E-state index < -0.39 is 10.0 Å². The van der Waals surface area contributed by atoms with Crippen LogP contribution >= 0.6 is 0 Å². The summed E-state index contributed by atoms with van der Waals surface area (Å²) in [5.74, 6) is 0.385. The minimum Gasteiger partial charge on any atom is -0.352 e. The molecule has 1 fully saturated rings. The molecule has 146 valence electrons. The van der Waals surface area contributed by atoms with Crippen molar-refractivity contribution in [1.82, 2.24) is 14.5 Å². The van der Waals surface area contributed by atoms with Crippen LogP contribution in [-0.2, 0) is 14.8 Å². The van der Waals surface area contributed by atoms with E-state index in [0.29, 0.717) is 43.5 Å². The summed E-state index contributed by atoms with van der Waals surface area (Å²) in [4.78, 5) is 14.5. The van der Waals surface area contributed by atoms with Crippen LogP contribution in [0.2, 0.25) is 0 Å². The average Bonchev–Trinajstić information content (AvgIpc) is 2.57. The molecule has 7 heteroatoms. The SMILES string of the molecule is Cc1ccc(S(=O)(=O)N2CCN(CC(=O)N[C@@H](C)C(C)C)CC2)cc1C. The first-order valence-electron chi connectivity index (χ1n) is 9.20. The molecule has 1 aliphatic heterocycles. The fourth-order valence-electron chi connectivity index (χ4n) is 2.82. The first-order valence-corrected chi connectivity index (χ1v) is 10.6. The molecule has 1 heterocycles. The van der Waals surface area contributed by atoms with E-state index in [-0.39, 0.29) is 11.9 Å². The predicted molar refractivity (Wildman–Crippen MR) is 104 cm³/mol. The Hall–Kier alpha value is -1.44. The summed E-state index contributed by atoms with van der Waals surface area (Å²) in [5.41, 5.74) is 2.05. The summed E-state index contributed by atoms with van der Waals surface area (Å²) < 4.78 is 27.2. The summed E-state index contributed by atoms with van der Waals surface area (Å²) in [6.07, 6.45) is 0. The maximum absolute atomic E-state index is 12.8. The molecule has 1 aromatic carbocycles. The second-order valence-electron chi connectivity index (χ2n) is 7.53. The van der Waals surface area contributed by atoms with Crippen molar-refractivity contribution in [3.05, 3.63) is 29.3 Å². The molecule has 1 aromatic rings. The number of nitrogens with zero attached hydrogens (tertiary/aromatic N) is 2. The van der Waals surface area contributed by atoms with Crippen molar-refractivity contribution in [2.75, 3.05) is 32.7 Å². The zero-order chi connectivity index (χ0) is 19.5. The normalized spacial score (nSPS) is 18.1. The molecule has 0 spiro atoms. The number of sulfonamides is 1. The number of hydrogen-bond donors (Lipinski definition) is 1. The first kappa shape index (κ1) is 20.9. The number of carbonyl (C=O) groups excluding carboxylic acids is 1. The van der Waals surface area contributed by atoms with Gasteiger partial charge in [-0.15, -0.1) is 0 Å². The van der Waals surface area contributed by atoms with E-state index in [0.717, 1.165) is 11.1 Å². The van der Waals surface area contributed by atoms with Crippen LogP contribution in [0.3, 0.4) is 0 Å². The van der Waals surface area contributed by atoms with Crippen LogP contribution in [0.15, 0.2) is 23.1 Å². The molecule has 2 rings (SSSR count). The standard InChI is InChI=1S/C19H31N3O3S/c1-14(2)17(5)20-19(23)13-21-8-10-22(11-9-21)26(24,25)18-7-6-15(3)16(4)12-18/h6-7,12,14,17H,8-11,13H2,1-5H3,(H,20,23)/t17-/m0/s1. The summed E-state index contributed by atoms with van der Waals surface area (Å²) in [7, 11) is -3.48. The van der Waals surface area contributed by atoms with E-state index in [1.54, 1.807) is 12.1 Å². The van der Waals surface area contributed by atoms with E-state index in [9.17, 15) is 13.2 Å². The minimum atomic E-state index is -3.48. The van der Waals surface area contributed by atoms with Gasteiger partial charge in [0, 0.05) is 32.2 Å². The van der Waals surface area contributed by atoms with Crippen LogP contribution < -0.4 is 5.32 Å². The third-order valence-electron chi connectivity index (χ3n) is 5.20. The smallest absolute Gasteiger partial charge is 0.243 e. The molecular formula is C19H31N3O3S. The molecule has 1 amide bonds. The number of piperazine rings is 1. The Morgan fingerprint density at radius 2 is 1.69 bits per heavy atom. The number of carbonyl (C=O) groups is 1. The van der Waals surface area contributed by atoms with Gasteiger partial charge in [-0.3, -0.25) is 9.69 Å². The Morgan fingerprint density at radius 3 is 2.23 bits per heavy atom. The lowest BCUT2D eigenvalue weighted by atomic mass is 10.1. The lowest BCUT2D eigenvalue weighted by Crippen LogP contribution is -2.51. The maximum Gasteiger partial charge on any atom is 0.243 e. The largest absolute Gasteiger partial charge is 0.352 e. The van der Waals surface area contributed by atoms with Gasteiger partial charge in [0.25, 0.3) is 0 Å². The van der Waals surface area contributed by atoms with Crippen LogP contribution in [0.25, 0.3) is 0 Å². The molecule has 0 saturated carbocycles. The summed E-state index contributed by atoms with van der Waals surface area (Å²) in [5, 5.41) is 2.99. The maximum atomic E-state index is 12.8. The van der Waals surface area contributed by atoms with Gasteiger partial charge in [-0.1, -0.05) is 19.9 Å². The number of rotatable bonds is 6. The summed E-state index contributed by atoms with van der Waals surface area (Å²) in [6, 6.07) is 5.38. The first-order chi connectivity index (χ1) is 12.1. The molecule has 1 aliphatic rings. The van der Waals surface area contributed by atoms with Gasteiger partial charge < -0.3 is 5.32 Å². The highest BCUT2D eigenvalue weighted by molar-refractivity contribution is 7.89. The fraction of sp³-hybridized carbons (Fsp3) is 0.632. The van der Waals surface area contributed by atoms with Crippen molar-refractivity contribution in [3.63, 3.8) is 0 Å². The highest BCUT2D eigenvalue weighted by Gasteiger charge is 2.29. The molecule has 1 saturated heterocycles. The number of hydrogen-bond acceptors (Lipinski definition) is 4. The van der Waals surface area contributed by atoms with Crippen molar-refractivity contribution in [3.8, 4) is 0 Å². The van der Waals surface area contributed by atoms with Gasteiger partial charge in [-0.05, 0) is 49.9 Å². The fourth-order valence-corrected chi connectivity index (χ4v) is 4.33. The van der Waals surface area contributed by atoms with Crippen molar-refractivity contribution >= 4 is 15.9 Å². The van der Waals surface area contributed by atoms with Gasteiger partial charge in [-0.25, -0.2) is 8.42 Å². The Bertz CT molecular complexity index is 738. The van der Waals surface area contributed by atoms with Crippen molar-refractivity contribution in [2.24, 2.45) is 5.92 Å². The number of aryl methyl sites for hydroxylation is 2. The van der Waals surface area contributed by atoms with Gasteiger partial charge in [0.05, 0.1) is 11.4 Å². The van der Waals surface area contributed by atoms with Gasteiger partial charge in [0.1, 0.15) is 0 Å². The van der Waals surface area contributed by atoms with Crippen LogP contribution in [0.1, 0.15) is 31.9 Å². The average molecular weight is 382 g/mol. The Morgan fingerprint density at radius 1 is 1.08 bits per heavy atom. The predicted octanol–water partition coefficient (Wildman–Crippen LogP) is 1.77. The lowest BCUT2D eigenvalue weighted by Gasteiger charge is -2.34. The Labute approximate surface area is 157 Å². The van der Waals surface area contributed by atoms with Crippen LogP contribution in [-0.4, -0.2) is 62.3 Å². The van der Waals surface area contributed by atoms with Crippen LogP contribution in [0, 0.1) is 19.8 Å². The molecule has 1 N–H and O–H groups in total. The lowest BCUT2D eigenvalue weighted by molar-refractivity contribution is -0.123. The second kappa shape index (κ2) is 8.50. The Kier molecular flexibility index (Phi) is 6.82. The van der Waals surface area contributed by atoms with Crippen molar-refractivity contribution < 1.29 is 13.2 Å². The minimum absolute atomic E-state index is 0.00309. The molecule has 0 bridgehead atoms. The monoisotopic (exact) mass is 381 g/mol. The van der Waals surface area contributed by atoms with E-state index >= 15 is 0 Å². The second-order valence-corrected chi connectivity index (χ2v) is 9.46. The third-order valence-corrected chi connectivity index (χ3v) is 7.10. The Balaban J connectivity index is 1.93. The van der Waals surface area contributed by atoms with E-state index in [1.807, 2.05) is 31.7 Å². The molecule has 0 aliphatic carbocycles. The number of amides is 1. The van der Waals surface area contributed by atoms with Gasteiger partial charge >= 0.3 is 0 Å². The van der Waals surface area contributed by atoms with Crippen molar-refractivity contribution in [1.29, 1.82) is 0 Å². The molecule has 6 nitrogen and oxygen atoms in total. The molecule has 26 heavy (non-hydrogen) atoms.